The second kappa shape index (κ2) is 30.2. The Morgan fingerprint density at radius 3 is 0.845 bits per heavy atom. The summed E-state index contributed by atoms with van der Waals surface area (Å²) < 4.78 is 17.6. The van der Waals surface area contributed by atoms with E-state index in [1.807, 2.05) is 36.4 Å². The topological polar surface area (TPSA) is 149 Å². The number of benzene rings is 3. The van der Waals surface area contributed by atoms with Crippen molar-refractivity contribution in [3.8, 4) is 17.2 Å². The second-order valence-electron chi connectivity index (χ2n) is 29.9. The third-order valence-corrected chi connectivity index (χ3v) is 17.9. The van der Waals surface area contributed by atoms with Crippen molar-refractivity contribution < 1.29 is 43.9 Å². The fraction of sp³-hybridized carbons (Fsp3) is 0.652. The second-order valence-corrected chi connectivity index (χ2v) is 31.3. The first-order chi connectivity index (χ1) is 38.6. The van der Waals surface area contributed by atoms with E-state index in [9.17, 15) is 29.7 Å². The highest BCUT2D eigenvalue weighted by molar-refractivity contribution is 7.80. The van der Waals surface area contributed by atoms with Crippen molar-refractivity contribution in [2.45, 2.75) is 218 Å². The first-order valence-corrected chi connectivity index (χ1v) is 31.6. The predicted octanol–water partition coefficient (Wildman–Crippen LogP) is 15.6. The molecule has 468 valence electrons. The third-order valence-electron chi connectivity index (χ3n) is 16.7. The van der Waals surface area contributed by atoms with Gasteiger partial charge in [0.25, 0.3) is 0 Å². The third kappa shape index (κ3) is 23.1. The standard InChI is InChI=1S/C69H105N3O9S3/c1-64(2,3)49(31-34-79-61(76)28-22-46-19-25-55(73)52(37-46)67(10,11)12)40-58(82)70-43-71(59(83)41-50(65(4,5)6)32-35-80-62(77)29-23-47-20-26-56(74)53(38-47)68(13,14)15)45-72(44-70)60(84)42-51(66(7,8)9)33-36-81-63(78)30-24-48-21-27-57(75)54(39-48)69(16,17)18/h19-21,25-27,37-39,49-51,73-75H,22-24,28-36,40-45H2,1-18H3. The van der Waals surface area contributed by atoms with Crippen molar-refractivity contribution in [3.05, 3.63) is 88.0 Å². The van der Waals surface area contributed by atoms with Crippen LogP contribution in [0.5, 0.6) is 17.2 Å². The summed E-state index contributed by atoms with van der Waals surface area (Å²) in [4.78, 5) is 48.4. The molecule has 1 aliphatic rings. The highest BCUT2D eigenvalue weighted by atomic mass is 32.1. The van der Waals surface area contributed by atoms with Gasteiger partial charge in [-0.15, -0.1) is 0 Å². The minimum atomic E-state index is -0.265. The van der Waals surface area contributed by atoms with E-state index in [1.54, 1.807) is 18.2 Å². The van der Waals surface area contributed by atoms with Crippen molar-refractivity contribution in [2.75, 3.05) is 39.8 Å². The maximum Gasteiger partial charge on any atom is 0.306 e. The summed E-state index contributed by atoms with van der Waals surface area (Å²) >= 11 is 19.2. The Hall–Kier alpha value is -4.86. The number of aromatic hydroxyl groups is 3. The molecule has 3 atom stereocenters. The van der Waals surface area contributed by atoms with E-state index in [2.05, 4.69) is 139 Å². The van der Waals surface area contributed by atoms with Crippen LogP contribution in [0.4, 0.5) is 0 Å². The van der Waals surface area contributed by atoms with E-state index in [0.29, 0.717) is 77.8 Å². The zero-order valence-corrected chi connectivity index (χ0v) is 57.0. The number of thiocarbonyl (C=S) groups is 3. The van der Waals surface area contributed by atoms with E-state index < -0.39 is 0 Å². The minimum Gasteiger partial charge on any atom is -0.508 e. The van der Waals surface area contributed by atoms with Gasteiger partial charge in [-0.2, -0.15) is 0 Å². The first-order valence-electron chi connectivity index (χ1n) is 30.4. The van der Waals surface area contributed by atoms with Crippen molar-refractivity contribution in [1.29, 1.82) is 0 Å². The quantitative estimate of drug-likeness (QED) is 0.0443. The number of carbonyl (C=O) groups is 3. The van der Waals surface area contributed by atoms with E-state index >= 15 is 0 Å². The molecule has 12 nitrogen and oxygen atoms in total. The number of phenols is 3. The number of esters is 3. The van der Waals surface area contributed by atoms with Crippen LogP contribution in [0.15, 0.2) is 54.6 Å². The van der Waals surface area contributed by atoms with Crippen LogP contribution in [0.25, 0.3) is 0 Å². The zero-order chi connectivity index (χ0) is 63.3. The molecule has 1 fully saturated rings. The minimum absolute atomic E-state index is 0.0806. The molecule has 15 heteroatoms. The molecule has 0 aliphatic carbocycles. The molecular weight excluding hydrogens is 1110 g/mol. The predicted molar refractivity (Wildman–Crippen MR) is 353 cm³/mol. The van der Waals surface area contributed by atoms with Crippen LogP contribution in [0.3, 0.4) is 0 Å². The summed E-state index contributed by atoms with van der Waals surface area (Å²) in [6.07, 6.45) is 5.86. The highest BCUT2D eigenvalue weighted by Gasteiger charge is 2.36. The summed E-state index contributed by atoms with van der Waals surface area (Å²) in [6, 6.07) is 16.6. The molecule has 1 saturated heterocycles. The maximum absolute atomic E-state index is 13.2. The SMILES string of the molecule is CC(C)(C)c1cc(CCC(=O)OCCC(CC(=S)N2CN(C(=S)CC(CCOC(=O)CCc3ccc(O)c(C(C)(C)C)c3)C(C)(C)C)CN(C(=S)CC(CCOC(=O)CCc3ccc(O)c(C(C)(C)C)c3)C(C)(C)C)C2)C(C)(C)C)ccc1O. The maximum atomic E-state index is 13.2. The number of hydrogen-bond donors (Lipinski definition) is 3. The Kier molecular flexibility index (Phi) is 25.7. The van der Waals surface area contributed by atoms with Crippen LogP contribution in [0.2, 0.25) is 0 Å². The molecule has 3 N–H and O–H groups in total. The lowest BCUT2D eigenvalue weighted by Crippen LogP contribution is -2.59. The molecule has 1 heterocycles. The zero-order valence-electron chi connectivity index (χ0n) is 54.5. The molecule has 0 bridgehead atoms. The molecule has 0 saturated carbocycles. The molecule has 0 amide bonds. The van der Waals surface area contributed by atoms with Gasteiger partial charge in [0.2, 0.25) is 0 Å². The van der Waals surface area contributed by atoms with Gasteiger partial charge in [0, 0.05) is 38.5 Å². The molecule has 84 heavy (non-hydrogen) atoms. The van der Waals surface area contributed by atoms with E-state index in [-0.39, 0.29) is 124 Å². The van der Waals surface area contributed by atoms with Gasteiger partial charge in [0.1, 0.15) is 17.2 Å². The monoisotopic (exact) mass is 1220 g/mol. The summed E-state index contributed by atoms with van der Waals surface area (Å²) in [6.45, 7) is 40.5. The summed E-state index contributed by atoms with van der Waals surface area (Å²) in [5, 5.41) is 31.4. The van der Waals surface area contributed by atoms with Crippen molar-refractivity contribution in [2.24, 2.45) is 34.0 Å². The number of nitrogens with zero attached hydrogens (tertiary/aromatic N) is 3. The van der Waals surface area contributed by atoms with Crippen LogP contribution in [0.1, 0.15) is 216 Å². The van der Waals surface area contributed by atoms with Crippen molar-refractivity contribution >= 4 is 69.5 Å². The van der Waals surface area contributed by atoms with Crippen molar-refractivity contribution in [3.63, 3.8) is 0 Å². The van der Waals surface area contributed by atoms with E-state index in [0.717, 1.165) is 48.3 Å². The Labute approximate surface area is 522 Å². The lowest BCUT2D eigenvalue weighted by atomic mass is 9.76. The van der Waals surface area contributed by atoms with E-state index in [1.165, 1.54) is 0 Å². The number of carbonyl (C=O) groups excluding carboxylic acids is 3. The largest absolute Gasteiger partial charge is 0.508 e. The Balaban J connectivity index is 1.48. The van der Waals surface area contributed by atoms with Crippen LogP contribution >= 0.6 is 36.7 Å². The highest BCUT2D eigenvalue weighted by Crippen LogP contribution is 2.38. The Morgan fingerprint density at radius 2 is 0.643 bits per heavy atom. The lowest BCUT2D eigenvalue weighted by molar-refractivity contribution is -0.145. The smallest absolute Gasteiger partial charge is 0.306 e. The number of aryl methyl sites for hydroxylation is 3. The van der Waals surface area contributed by atoms with Gasteiger partial charge < -0.3 is 44.2 Å². The van der Waals surface area contributed by atoms with Gasteiger partial charge in [0.05, 0.1) is 54.8 Å². The van der Waals surface area contributed by atoms with Gasteiger partial charge in [-0.05, 0) is 140 Å². The fourth-order valence-electron chi connectivity index (χ4n) is 10.7. The van der Waals surface area contributed by atoms with Crippen molar-refractivity contribution in [1.82, 2.24) is 14.7 Å². The molecule has 3 unspecified atom stereocenters. The summed E-state index contributed by atoms with van der Waals surface area (Å²) in [7, 11) is 0. The number of ether oxygens (including phenoxy) is 3. The average Bonchev–Trinajstić information content (AvgIpc) is 3.59. The Morgan fingerprint density at radius 1 is 0.417 bits per heavy atom. The summed E-state index contributed by atoms with van der Waals surface area (Å²) in [5.74, 6) is 0.205. The molecule has 3 aromatic carbocycles. The van der Waals surface area contributed by atoms with Gasteiger partial charge in [-0.3, -0.25) is 14.4 Å². The van der Waals surface area contributed by atoms with E-state index in [4.69, 9.17) is 50.9 Å². The van der Waals surface area contributed by atoms with Gasteiger partial charge in [-0.1, -0.05) is 198 Å². The molecule has 1 aliphatic heterocycles. The lowest BCUT2D eigenvalue weighted by Gasteiger charge is -2.47. The Bertz CT molecular complexity index is 2430. The number of rotatable bonds is 24. The molecule has 3 aromatic rings. The van der Waals surface area contributed by atoms with Crippen LogP contribution < -0.4 is 0 Å². The van der Waals surface area contributed by atoms with Gasteiger partial charge >= 0.3 is 17.9 Å². The first kappa shape index (κ1) is 71.6. The van der Waals surface area contributed by atoms with Crippen LogP contribution in [0, 0.1) is 34.0 Å². The molecule has 4 rings (SSSR count). The fourth-order valence-corrected chi connectivity index (χ4v) is 11.6. The van der Waals surface area contributed by atoms with Crippen LogP contribution in [-0.2, 0) is 64.1 Å². The number of phenolic OH excluding ortho intramolecular Hbond substituents is 3. The normalized spacial score (nSPS) is 14.9. The van der Waals surface area contributed by atoms with Crippen LogP contribution in [-0.4, -0.2) is 103 Å². The molecular formula is C69H105N3O9S3. The summed E-state index contributed by atoms with van der Waals surface area (Å²) in [5.41, 5.74) is 4.26. The van der Waals surface area contributed by atoms with Gasteiger partial charge in [0.15, 0.2) is 0 Å². The molecule has 0 spiro atoms. The average molecular weight is 1220 g/mol. The molecule has 0 radical (unpaired) electrons. The van der Waals surface area contributed by atoms with Gasteiger partial charge in [-0.25, -0.2) is 0 Å². The molecule has 0 aromatic heterocycles. The number of hydrogen-bond acceptors (Lipinski definition) is 12.